The molecule has 12 heteroatoms. The first kappa shape index (κ1) is 58.4. The maximum absolute atomic E-state index is 13.8. The molecule has 2 heterocycles. The lowest BCUT2D eigenvalue weighted by Gasteiger charge is -2.47. The van der Waals surface area contributed by atoms with E-state index in [2.05, 4.69) is 69.3 Å². The highest BCUT2D eigenvalue weighted by molar-refractivity contribution is 6.99. The van der Waals surface area contributed by atoms with Gasteiger partial charge in [0.1, 0.15) is 49.3 Å². The van der Waals surface area contributed by atoms with Gasteiger partial charge in [-0.05, 0) is 48.8 Å². The second-order valence-electron chi connectivity index (χ2n) is 21.9. The molecule has 0 amide bonds. The Morgan fingerprint density at radius 1 is 0.439 bits per heavy atom. The Labute approximate surface area is 484 Å². The van der Waals surface area contributed by atoms with Crippen molar-refractivity contribution in [3.8, 4) is 0 Å². The van der Waals surface area contributed by atoms with Crippen LogP contribution in [0.3, 0.4) is 0 Å². The zero-order chi connectivity index (χ0) is 56.5. The van der Waals surface area contributed by atoms with Crippen molar-refractivity contribution >= 4 is 25.0 Å². The van der Waals surface area contributed by atoms with Crippen LogP contribution in [0.25, 0.3) is 0 Å². The zero-order valence-corrected chi connectivity index (χ0v) is 47.9. The molecule has 10 rings (SSSR count). The van der Waals surface area contributed by atoms with Gasteiger partial charge in [-0.2, -0.15) is 0 Å². The molecule has 0 spiro atoms. The van der Waals surface area contributed by atoms with E-state index in [4.69, 9.17) is 47.1 Å². The molecule has 8 aromatic carbocycles. The largest absolute Gasteiger partial charge is 0.405 e. The summed E-state index contributed by atoms with van der Waals surface area (Å²) in [5.41, 5.74) is 5.54. The molecule has 2 saturated heterocycles. The summed E-state index contributed by atoms with van der Waals surface area (Å²) in [6.07, 6.45) is -7.43. The maximum atomic E-state index is 13.8. The minimum absolute atomic E-state index is 0.0658. The lowest BCUT2D eigenvalue weighted by Crippen LogP contribution is -2.67. The predicted octanol–water partition coefficient (Wildman–Crippen LogP) is 11.7. The first-order chi connectivity index (χ1) is 40.2. The van der Waals surface area contributed by atoms with Gasteiger partial charge in [0.15, 0.2) is 12.6 Å². The summed E-state index contributed by atoms with van der Waals surface area (Å²) in [5.74, 6) is -1.83. The van der Waals surface area contributed by atoms with Crippen molar-refractivity contribution in [2.45, 2.75) is 120 Å². The molecule has 424 valence electrons. The Morgan fingerprint density at radius 3 is 1.20 bits per heavy atom. The molecule has 9 atom stereocenters. The lowest BCUT2D eigenvalue weighted by atomic mass is 9.97. The fourth-order valence-corrected chi connectivity index (χ4v) is 15.7. The smallest absolute Gasteiger partial charge is 0.261 e. The number of carbonyl (C=O) groups is 1. The van der Waals surface area contributed by atoms with Crippen LogP contribution in [0.2, 0.25) is 5.04 Å². The van der Waals surface area contributed by atoms with Crippen LogP contribution in [0.4, 0.5) is 0 Å². The van der Waals surface area contributed by atoms with E-state index in [1.807, 2.05) is 194 Å². The molecule has 82 heavy (non-hydrogen) atoms. The molecule has 2 aliphatic rings. The standard InChI is InChI=1S/C70H74O11Si/c1-69(2,3)82(59-40-24-10-25-41-59,60-42-26-11-27-43-60)78-51-62-64(74-47-55-32-16-6-17-33-55)67(77-50-58-38-22-9-23-39-58)70(80-62,52-72-45-53-28-12-4-13-29-53)81-68-66(76-49-57-36-20-8-21-37-57)65(75-48-56-34-18-7-19-35-56)63(61(44-71)79-68)73-46-54-30-14-5-15-31-54/h4-44,61-68H,45-52H2,1-3H3/t61-,62-,63-,64-,65+,66-,67+,68-,70+/m1/s1. The van der Waals surface area contributed by atoms with Crippen molar-refractivity contribution in [2.75, 3.05) is 13.2 Å². The van der Waals surface area contributed by atoms with Crippen molar-refractivity contribution in [3.05, 3.63) is 276 Å². The summed E-state index contributed by atoms with van der Waals surface area (Å²) < 4.78 is 72.3. The molecule has 11 nitrogen and oxygen atoms in total. The van der Waals surface area contributed by atoms with Crippen LogP contribution in [-0.2, 0) is 91.5 Å². The number of benzene rings is 8. The first-order valence-electron chi connectivity index (χ1n) is 28.3. The highest BCUT2D eigenvalue weighted by atomic mass is 28.4. The lowest BCUT2D eigenvalue weighted by molar-refractivity contribution is -0.392. The molecule has 8 aromatic rings. The van der Waals surface area contributed by atoms with E-state index in [-0.39, 0.29) is 57.9 Å². The second kappa shape index (κ2) is 28.5. The average molecular weight is 1120 g/mol. The van der Waals surface area contributed by atoms with Gasteiger partial charge >= 0.3 is 0 Å². The summed E-state index contributed by atoms with van der Waals surface area (Å²) in [6.45, 7) is 7.69. The summed E-state index contributed by atoms with van der Waals surface area (Å²) in [6, 6.07) is 80.6. The van der Waals surface area contributed by atoms with Crippen LogP contribution in [-0.4, -0.2) is 82.6 Å². The Kier molecular flexibility index (Phi) is 20.3. The van der Waals surface area contributed by atoms with E-state index in [0.29, 0.717) is 0 Å². The van der Waals surface area contributed by atoms with Crippen molar-refractivity contribution in [1.82, 2.24) is 0 Å². The van der Waals surface area contributed by atoms with E-state index in [1.165, 1.54) is 0 Å². The van der Waals surface area contributed by atoms with E-state index >= 15 is 0 Å². The van der Waals surface area contributed by atoms with Crippen LogP contribution in [0.15, 0.2) is 243 Å². The quantitative estimate of drug-likeness (QED) is 0.0363. The average Bonchev–Trinajstić information content (AvgIpc) is 4.03. The fraction of sp³-hybridized carbons (Fsp3) is 0.300. The van der Waals surface area contributed by atoms with Gasteiger partial charge in [-0.1, -0.05) is 263 Å². The summed E-state index contributed by atoms with van der Waals surface area (Å²) >= 11 is 0. The van der Waals surface area contributed by atoms with E-state index < -0.39 is 63.1 Å². The van der Waals surface area contributed by atoms with Gasteiger partial charge in [-0.25, -0.2) is 0 Å². The molecule has 0 aromatic heterocycles. The van der Waals surface area contributed by atoms with E-state index in [0.717, 1.165) is 50.0 Å². The molecule has 2 fully saturated rings. The second-order valence-corrected chi connectivity index (χ2v) is 26.2. The van der Waals surface area contributed by atoms with Gasteiger partial charge in [-0.15, -0.1) is 0 Å². The van der Waals surface area contributed by atoms with E-state index in [9.17, 15) is 4.79 Å². The fourth-order valence-electron chi connectivity index (χ4n) is 11.1. The predicted molar refractivity (Wildman–Crippen MR) is 318 cm³/mol. The van der Waals surface area contributed by atoms with Crippen molar-refractivity contribution < 1.29 is 51.9 Å². The number of hydrogen-bond acceptors (Lipinski definition) is 11. The van der Waals surface area contributed by atoms with Gasteiger partial charge < -0.3 is 51.9 Å². The van der Waals surface area contributed by atoms with E-state index in [1.54, 1.807) is 0 Å². The van der Waals surface area contributed by atoms with Gasteiger partial charge in [0.25, 0.3) is 8.32 Å². The van der Waals surface area contributed by atoms with Gasteiger partial charge in [-0.3, -0.25) is 0 Å². The Morgan fingerprint density at radius 2 is 0.793 bits per heavy atom. The number of hydrogen-bond donors (Lipinski definition) is 0. The van der Waals surface area contributed by atoms with Crippen LogP contribution in [0.5, 0.6) is 0 Å². The minimum Gasteiger partial charge on any atom is -0.405 e. The first-order valence-corrected chi connectivity index (χ1v) is 30.2. The molecule has 0 bridgehead atoms. The number of carbonyl (C=O) groups excluding carboxylic acids is 1. The third-order valence-electron chi connectivity index (χ3n) is 15.1. The molecular weight excluding hydrogens is 1040 g/mol. The Balaban J connectivity index is 1.11. The van der Waals surface area contributed by atoms with Crippen LogP contribution in [0.1, 0.15) is 54.2 Å². The van der Waals surface area contributed by atoms with Crippen molar-refractivity contribution in [1.29, 1.82) is 0 Å². The molecule has 0 N–H and O–H groups in total. The summed E-state index contributed by atoms with van der Waals surface area (Å²) in [4.78, 5) is 13.8. The van der Waals surface area contributed by atoms with Gasteiger partial charge in [0.2, 0.25) is 5.79 Å². The van der Waals surface area contributed by atoms with Gasteiger partial charge in [0, 0.05) is 0 Å². The number of ether oxygens (including phenoxy) is 9. The Bertz CT molecular complexity index is 3070. The van der Waals surface area contributed by atoms with Crippen LogP contribution >= 0.6 is 0 Å². The van der Waals surface area contributed by atoms with Crippen LogP contribution in [0, 0.1) is 0 Å². The Hall–Kier alpha value is -6.75. The minimum atomic E-state index is -3.20. The van der Waals surface area contributed by atoms with Crippen LogP contribution < -0.4 is 10.4 Å². The molecule has 0 radical (unpaired) electrons. The zero-order valence-electron chi connectivity index (χ0n) is 46.9. The molecule has 0 saturated carbocycles. The topological polar surface area (TPSA) is 109 Å². The molecule has 0 aliphatic carbocycles. The SMILES string of the molecule is CC(C)(C)[Si](OC[C@H]1O[C@@](COCc2ccccc2)(O[C@H]2O[C@H](C=O)[C@@H](OCc3ccccc3)[C@H](OCc3ccccc3)[C@H]2OCc2ccccc2)[C@@H](OCc2ccccc2)[C@@H]1OCc1ccccc1)(c1ccccc1)c1ccccc1. The number of rotatable bonds is 27. The van der Waals surface area contributed by atoms with Crippen molar-refractivity contribution in [3.63, 3.8) is 0 Å². The van der Waals surface area contributed by atoms with Crippen molar-refractivity contribution in [2.24, 2.45) is 0 Å². The summed E-state index contributed by atoms with van der Waals surface area (Å²) in [5, 5.41) is 1.85. The third kappa shape index (κ3) is 14.5. The highest BCUT2D eigenvalue weighted by Crippen LogP contribution is 2.44. The third-order valence-corrected chi connectivity index (χ3v) is 20.1. The maximum Gasteiger partial charge on any atom is 0.261 e. The summed E-state index contributed by atoms with van der Waals surface area (Å²) in [7, 11) is -3.20. The molecule has 0 unspecified atom stereocenters. The normalized spacial score (nSPS) is 22.9. The monoisotopic (exact) mass is 1120 g/mol. The van der Waals surface area contributed by atoms with Gasteiger partial charge in [0.05, 0.1) is 46.2 Å². The molecular formula is C70H74O11Si. The number of aldehydes is 1. The molecule has 2 aliphatic heterocycles. The highest BCUT2D eigenvalue weighted by Gasteiger charge is 2.63.